The summed E-state index contributed by atoms with van der Waals surface area (Å²) in [5, 5.41) is 3.44. The van der Waals surface area contributed by atoms with Crippen molar-refractivity contribution < 1.29 is 19.1 Å². The molecule has 1 N–H and O–H groups in total. The molecule has 0 amide bonds. The third-order valence-electron chi connectivity index (χ3n) is 13.4. The van der Waals surface area contributed by atoms with Gasteiger partial charge in [-0.15, -0.1) is 0 Å². The maximum atomic E-state index is 11.8. The van der Waals surface area contributed by atoms with Crippen molar-refractivity contribution in [2.45, 2.75) is 120 Å². The van der Waals surface area contributed by atoms with Crippen LogP contribution in [0.4, 0.5) is 0 Å². The Morgan fingerprint density at radius 2 is 1.02 bits per heavy atom. The Balaban J connectivity index is 0.000000177. The van der Waals surface area contributed by atoms with Crippen LogP contribution in [0.2, 0.25) is 0 Å². The van der Waals surface area contributed by atoms with Crippen molar-refractivity contribution in [2.24, 2.45) is 0 Å². The number of likely N-dealkylation sites (tertiary alicyclic amines) is 1. The van der Waals surface area contributed by atoms with Gasteiger partial charge in [-0.3, -0.25) is 0 Å². The first-order valence-corrected chi connectivity index (χ1v) is 21.9. The molecule has 0 unspecified atom stereocenters. The van der Waals surface area contributed by atoms with Crippen LogP contribution in [0.15, 0.2) is 73.3 Å². The zero-order valence-corrected chi connectivity index (χ0v) is 34.9. The lowest BCUT2D eigenvalue weighted by molar-refractivity contribution is 0.0515. The van der Waals surface area contributed by atoms with Crippen LogP contribution < -0.4 is 5.32 Å². The second-order valence-electron chi connectivity index (χ2n) is 16.8. The molecule has 0 spiro atoms. The van der Waals surface area contributed by atoms with Crippen molar-refractivity contribution in [2.75, 3.05) is 45.9 Å². The highest BCUT2D eigenvalue weighted by atomic mass is 16.5. The van der Waals surface area contributed by atoms with Crippen molar-refractivity contribution in [3.8, 4) is 0 Å². The molecule has 4 aliphatic rings. The normalized spacial score (nSPS) is 19.2. The predicted octanol–water partition coefficient (Wildman–Crippen LogP) is 8.30. The monoisotopic (exact) mass is 786 g/mol. The summed E-state index contributed by atoms with van der Waals surface area (Å²) in [6.07, 6.45) is 20.2. The Bertz CT molecular complexity index is 1910. The van der Waals surface area contributed by atoms with Gasteiger partial charge in [-0.25, -0.2) is 29.5 Å². The number of hydrogen-bond donors (Lipinski definition) is 1. The van der Waals surface area contributed by atoms with Crippen molar-refractivity contribution in [3.63, 3.8) is 0 Å². The fourth-order valence-electron chi connectivity index (χ4n) is 9.43. The Kier molecular flexibility index (Phi) is 14.0. The quantitative estimate of drug-likeness (QED) is 0.133. The van der Waals surface area contributed by atoms with E-state index in [9.17, 15) is 9.59 Å². The maximum absolute atomic E-state index is 11.8. The summed E-state index contributed by atoms with van der Waals surface area (Å²) in [7, 11) is 0. The average Bonchev–Trinajstić information content (AvgIpc) is 3.25. The zero-order valence-electron chi connectivity index (χ0n) is 34.9. The molecule has 2 aliphatic heterocycles. The Hall–Kier alpha value is -4.54. The van der Waals surface area contributed by atoms with E-state index in [4.69, 9.17) is 9.47 Å². The number of aromatic nitrogens is 4. The topological polar surface area (TPSA) is 119 Å². The minimum atomic E-state index is -0.360. The molecule has 10 heteroatoms. The number of esters is 2. The van der Waals surface area contributed by atoms with Crippen LogP contribution in [0.1, 0.15) is 151 Å². The molecule has 2 aromatic heterocycles. The van der Waals surface area contributed by atoms with Crippen LogP contribution in [-0.2, 0) is 33.1 Å². The largest absolute Gasteiger partial charge is 0.462 e. The van der Waals surface area contributed by atoms with Gasteiger partial charge in [-0.05, 0) is 132 Å². The van der Waals surface area contributed by atoms with Crippen LogP contribution in [0, 0.1) is 0 Å². The summed E-state index contributed by atoms with van der Waals surface area (Å²) < 4.78 is 10.0. The smallest absolute Gasteiger partial charge is 0.341 e. The zero-order chi connectivity index (χ0) is 40.4. The lowest BCUT2D eigenvalue weighted by Gasteiger charge is -2.42. The molecule has 2 aliphatic carbocycles. The van der Waals surface area contributed by atoms with Crippen LogP contribution in [0.5, 0.6) is 0 Å². The molecule has 8 rings (SSSR count). The molecule has 0 bridgehead atoms. The van der Waals surface area contributed by atoms with E-state index in [-0.39, 0.29) is 22.8 Å². The van der Waals surface area contributed by atoms with E-state index in [1.54, 1.807) is 38.6 Å². The number of rotatable bonds is 13. The molecule has 0 radical (unpaired) electrons. The third-order valence-corrected chi connectivity index (χ3v) is 13.4. The van der Waals surface area contributed by atoms with Crippen LogP contribution in [-0.4, -0.2) is 82.7 Å². The SMILES string of the molecule is CCOC(=O)c1cnc(CC2(c3ccc(C4CCN(CC)CC4)cc3)CCC2)nc1.CCOC(=O)c1cnc(CC2(c3ccc(C4CCNCC4)cc3)CCC2)nc1. The fourth-order valence-corrected chi connectivity index (χ4v) is 9.43. The van der Waals surface area contributed by atoms with Gasteiger partial charge in [0.15, 0.2) is 0 Å². The lowest BCUT2D eigenvalue weighted by atomic mass is 9.62. The number of nitrogens with one attached hydrogen (secondary N) is 1. The average molecular weight is 787 g/mol. The van der Waals surface area contributed by atoms with E-state index >= 15 is 0 Å². The molecular weight excluding hydrogens is 725 g/mol. The summed E-state index contributed by atoms with van der Waals surface area (Å²) in [5.41, 5.74) is 6.86. The summed E-state index contributed by atoms with van der Waals surface area (Å²) >= 11 is 0. The Morgan fingerprint density at radius 3 is 1.36 bits per heavy atom. The molecule has 4 fully saturated rings. The van der Waals surface area contributed by atoms with E-state index < -0.39 is 0 Å². The summed E-state index contributed by atoms with van der Waals surface area (Å²) in [6.45, 7) is 12.4. The molecular formula is C48H62N6O4. The summed E-state index contributed by atoms with van der Waals surface area (Å²) in [4.78, 5) is 44.0. The number of carbonyl (C=O) groups is 2. The summed E-state index contributed by atoms with van der Waals surface area (Å²) in [6, 6.07) is 18.7. The van der Waals surface area contributed by atoms with Crippen molar-refractivity contribution in [1.29, 1.82) is 0 Å². The van der Waals surface area contributed by atoms with Gasteiger partial charge in [0.1, 0.15) is 11.6 Å². The van der Waals surface area contributed by atoms with Gasteiger partial charge < -0.3 is 19.7 Å². The molecule has 308 valence electrons. The second kappa shape index (κ2) is 19.5. The van der Waals surface area contributed by atoms with Crippen molar-refractivity contribution in [3.05, 3.63) is 118 Å². The van der Waals surface area contributed by atoms with E-state index in [1.807, 2.05) is 0 Å². The van der Waals surface area contributed by atoms with Crippen molar-refractivity contribution in [1.82, 2.24) is 30.2 Å². The van der Waals surface area contributed by atoms with Gasteiger partial charge in [0.05, 0.1) is 24.3 Å². The van der Waals surface area contributed by atoms with Crippen LogP contribution >= 0.6 is 0 Å². The number of ether oxygens (including phenoxy) is 2. The Labute approximate surface area is 345 Å². The number of nitrogens with zero attached hydrogens (tertiary/aromatic N) is 5. The number of benzene rings is 2. The van der Waals surface area contributed by atoms with Crippen LogP contribution in [0.3, 0.4) is 0 Å². The predicted molar refractivity (Wildman–Crippen MR) is 226 cm³/mol. The van der Waals surface area contributed by atoms with Crippen LogP contribution in [0.25, 0.3) is 0 Å². The van der Waals surface area contributed by atoms with Gasteiger partial charge in [0.2, 0.25) is 0 Å². The Morgan fingerprint density at radius 1 is 0.621 bits per heavy atom. The lowest BCUT2D eigenvalue weighted by Crippen LogP contribution is -2.37. The first kappa shape index (κ1) is 41.6. The standard InChI is InChI=1S/C25H33N3O2.C23H29N3O2/c1-3-28-14-10-20(11-15-28)19-6-8-22(9-7-19)25(12-5-13-25)16-23-26-17-21(18-27-23)24(29)30-4-2;1-2-28-22(27)19-15-25-21(26-16-19)14-23(10-3-11-23)20-6-4-17(5-7-20)18-8-12-24-13-9-18/h6-9,17-18,20H,3-5,10-16H2,1-2H3;4-7,15-16,18,24H,2-3,8-14H2,1H3. The molecule has 10 nitrogen and oxygen atoms in total. The number of piperidine rings is 2. The number of hydrogen-bond acceptors (Lipinski definition) is 10. The molecule has 2 saturated heterocycles. The van der Waals surface area contributed by atoms with Gasteiger partial charge in [0, 0.05) is 48.5 Å². The third kappa shape index (κ3) is 9.83. The molecule has 2 aromatic carbocycles. The van der Waals surface area contributed by atoms with Gasteiger partial charge >= 0.3 is 11.9 Å². The summed E-state index contributed by atoms with van der Waals surface area (Å²) in [5.74, 6) is 2.27. The maximum Gasteiger partial charge on any atom is 0.341 e. The molecule has 4 heterocycles. The molecule has 58 heavy (non-hydrogen) atoms. The highest BCUT2D eigenvalue weighted by Crippen LogP contribution is 2.47. The van der Waals surface area contributed by atoms with Gasteiger partial charge in [-0.1, -0.05) is 68.3 Å². The van der Waals surface area contributed by atoms with Crippen molar-refractivity contribution >= 4 is 11.9 Å². The molecule has 4 aromatic rings. The minimum absolute atomic E-state index is 0.134. The van der Waals surface area contributed by atoms with Gasteiger partial charge in [0.25, 0.3) is 0 Å². The van der Waals surface area contributed by atoms with Gasteiger partial charge in [-0.2, -0.15) is 0 Å². The highest BCUT2D eigenvalue weighted by Gasteiger charge is 2.41. The van der Waals surface area contributed by atoms with E-state index in [0.29, 0.717) is 36.2 Å². The van der Waals surface area contributed by atoms with E-state index in [2.05, 4.69) is 85.6 Å². The minimum Gasteiger partial charge on any atom is -0.462 e. The van der Waals surface area contributed by atoms with E-state index in [0.717, 1.165) is 44.1 Å². The highest BCUT2D eigenvalue weighted by molar-refractivity contribution is 5.89. The first-order valence-electron chi connectivity index (χ1n) is 21.9. The van der Waals surface area contributed by atoms with E-state index in [1.165, 1.54) is 99.6 Å². The number of carbonyl (C=O) groups excluding carboxylic acids is 2. The first-order chi connectivity index (χ1) is 28.3. The molecule has 0 atom stereocenters. The molecule has 2 saturated carbocycles. The second-order valence-corrected chi connectivity index (χ2v) is 16.8. The fraction of sp³-hybridized carbons (Fsp3) is 0.542.